The van der Waals surface area contributed by atoms with Crippen molar-refractivity contribution in [2.45, 2.75) is 25.1 Å². The minimum absolute atomic E-state index is 0.00508. The van der Waals surface area contributed by atoms with Gasteiger partial charge in [-0.05, 0) is 31.0 Å². The largest absolute Gasteiger partial charge is 0.391 e. The van der Waals surface area contributed by atoms with Crippen LogP contribution in [0.2, 0.25) is 0 Å². The molecule has 0 radical (unpaired) electrons. The lowest BCUT2D eigenvalue weighted by atomic mass is 9.79. The number of rotatable bonds is 2. The first kappa shape index (κ1) is 12.7. The second-order valence-electron chi connectivity index (χ2n) is 4.36. The van der Waals surface area contributed by atoms with Gasteiger partial charge in [0, 0.05) is 11.7 Å². The van der Waals surface area contributed by atoms with Crippen LogP contribution in [0.25, 0.3) is 0 Å². The summed E-state index contributed by atoms with van der Waals surface area (Å²) < 4.78 is 50.0. The zero-order chi connectivity index (χ0) is 13.3. The normalized spacial score (nSPS) is 23.1. The van der Waals surface area contributed by atoms with Gasteiger partial charge in [0.1, 0.15) is 11.9 Å². The van der Waals surface area contributed by atoms with E-state index in [9.17, 15) is 17.6 Å². The highest BCUT2D eigenvalue weighted by molar-refractivity contribution is 5.49. The van der Waals surface area contributed by atoms with E-state index in [0.29, 0.717) is 5.69 Å². The lowest BCUT2D eigenvalue weighted by Gasteiger charge is -2.37. The molecule has 0 unspecified atom stereocenters. The van der Waals surface area contributed by atoms with Crippen LogP contribution in [-0.4, -0.2) is 12.2 Å². The summed E-state index contributed by atoms with van der Waals surface area (Å²) in [5.74, 6) is -1.94. The Kier molecular flexibility index (Phi) is 3.16. The monoisotopic (exact) mass is 258 g/mol. The molecule has 0 heterocycles. The second kappa shape index (κ2) is 4.48. The summed E-state index contributed by atoms with van der Waals surface area (Å²) in [6, 6.07) is 5.31. The number of benzene rings is 1. The molecule has 2 nitrogen and oxygen atoms in total. The zero-order valence-corrected chi connectivity index (χ0v) is 9.26. The van der Waals surface area contributed by atoms with E-state index in [1.165, 1.54) is 12.1 Å². The topological polar surface area (TPSA) is 35.8 Å². The molecule has 18 heavy (non-hydrogen) atoms. The SMILES string of the molecule is N#Cc1ccc(NC2CC(C(F)(F)F)C2)cc1F. The lowest BCUT2D eigenvalue weighted by molar-refractivity contribution is -0.195. The molecule has 0 aromatic heterocycles. The molecule has 0 saturated heterocycles. The fraction of sp³-hybridized carbons (Fsp3) is 0.417. The Bertz CT molecular complexity index is 484. The maximum atomic E-state index is 13.2. The third-order valence-electron chi connectivity index (χ3n) is 3.06. The number of anilines is 1. The minimum Gasteiger partial charge on any atom is -0.382 e. The van der Waals surface area contributed by atoms with E-state index in [1.807, 2.05) is 0 Å². The van der Waals surface area contributed by atoms with Gasteiger partial charge in [-0.3, -0.25) is 0 Å². The highest BCUT2D eigenvalue weighted by Crippen LogP contribution is 2.42. The number of nitrogens with one attached hydrogen (secondary N) is 1. The summed E-state index contributed by atoms with van der Waals surface area (Å²) in [6.45, 7) is 0. The van der Waals surface area contributed by atoms with Gasteiger partial charge in [-0.25, -0.2) is 4.39 Å². The summed E-state index contributed by atoms with van der Waals surface area (Å²) >= 11 is 0. The van der Waals surface area contributed by atoms with Crippen LogP contribution in [-0.2, 0) is 0 Å². The average molecular weight is 258 g/mol. The van der Waals surface area contributed by atoms with E-state index in [0.717, 1.165) is 6.07 Å². The molecule has 0 spiro atoms. The van der Waals surface area contributed by atoms with Crippen molar-refractivity contribution < 1.29 is 17.6 Å². The van der Waals surface area contributed by atoms with Crippen molar-refractivity contribution >= 4 is 5.69 Å². The van der Waals surface area contributed by atoms with Crippen LogP contribution in [0.1, 0.15) is 18.4 Å². The van der Waals surface area contributed by atoms with Crippen molar-refractivity contribution in [2.75, 3.05) is 5.32 Å². The minimum atomic E-state index is -4.14. The molecule has 0 amide bonds. The Morgan fingerprint density at radius 2 is 1.94 bits per heavy atom. The quantitative estimate of drug-likeness (QED) is 0.825. The third kappa shape index (κ3) is 2.55. The maximum Gasteiger partial charge on any atom is 0.391 e. The summed E-state index contributed by atoms with van der Waals surface area (Å²) in [5.41, 5.74) is 0.319. The zero-order valence-electron chi connectivity index (χ0n) is 9.26. The first-order chi connectivity index (χ1) is 8.40. The van der Waals surface area contributed by atoms with Gasteiger partial charge in [-0.2, -0.15) is 18.4 Å². The average Bonchev–Trinajstić information content (AvgIpc) is 2.21. The lowest BCUT2D eigenvalue weighted by Crippen LogP contribution is -2.43. The molecule has 0 bridgehead atoms. The van der Waals surface area contributed by atoms with Crippen molar-refractivity contribution in [1.82, 2.24) is 0 Å². The van der Waals surface area contributed by atoms with Gasteiger partial charge in [0.15, 0.2) is 0 Å². The third-order valence-corrected chi connectivity index (χ3v) is 3.06. The summed E-state index contributed by atoms with van der Waals surface area (Å²) in [7, 11) is 0. The van der Waals surface area contributed by atoms with Crippen LogP contribution in [0, 0.1) is 23.1 Å². The van der Waals surface area contributed by atoms with Gasteiger partial charge in [0.25, 0.3) is 0 Å². The standard InChI is InChI=1S/C12H10F4N2/c13-11-5-9(2-1-7(11)6-17)18-10-3-8(4-10)12(14,15)16/h1-2,5,8,10,18H,3-4H2. The summed E-state index contributed by atoms with van der Waals surface area (Å²) in [5, 5.41) is 11.4. The highest BCUT2D eigenvalue weighted by atomic mass is 19.4. The van der Waals surface area contributed by atoms with Crippen LogP contribution in [0.3, 0.4) is 0 Å². The molecule has 0 atom stereocenters. The number of hydrogen-bond donors (Lipinski definition) is 1. The molecule has 2 rings (SSSR count). The van der Waals surface area contributed by atoms with Gasteiger partial charge in [0.05, 0.1) is 11.5 Å². The number of nitrogens with zero attached hydrogens (tertiary/aromatic N) is 1. The van der Waals surface area contributed by atoms with E-state index in [1.54, 1.807) is 6.07 Å². The number of hydrogen-bond acceptors (Lipinski definition) is 2. The molecule has 0 aliphatic heterocycles. The van der Waals surface area contributed by atoms with Crippen molar-refractivity contribution in [3.05, 3.63) is 29.6 Å². The van der Waals surface area contributed by atoms with E-state index >= 15 is 0 Å². The molecular formula is C12H10F4N2. The Hall–Kier alpha value is -1.77. The molecule has 1 aromatic rings. The molecule has 1 aliphatic carbocycles. The van der Waals surface area contributed by atoms with Gasteiger partial charge in [-0.1, -0.05) is 0 Å². The van der Waals surface area contributed by atoms with Crippen molar-refractivity contribution in [1.29, 1.82) is 5.26 Å². The molecule has 96 valence electrons. The Labute approximate surface area is 101 Å². The van der Waals surface area contributed by atoms with Crippen LogP contribution >= 0.6 is 0 Å². The van der Waals surface area contributed by atoms with E-state index in [2.05, 4.69) is 5.32 Å². The molecule has 1 aliphatic rings. The van der Waals surface area contributed by atoms with Gasteiger partial charge in [-0.15, -0.1) is 0 Å². The van der Waals surface area contributed by atoms with Gasteiger partial charge < -0.3 is 5.32 Å². The highest BCUT2D eigenvalue weighted by Gasteiger charge is 2.47. The van der Waals surface area contributed by atoms with E-state index < -0.39 is 17.9 Å². The number of alkyl halides is 3. The first-order valence-electron chi connectivity index (χ1n) is 5.43. The van der Waals surface area contributed by atoms with Crippen LogP contribution in [0.4, 0.5) is 23.2 Å². The number of nitriles is 1. The van der Waals surface area contributed by atoms with Gasteiger partial charge >= 0.3 is 6.18 Å². The van der Waals surface area contributed by atoms with E-state index in [-0.39, 0.29) is 24.4 Å². The van der Waals surface area contributed by atoms with Crippen LogP contribution in [0.15, 0.2) is 18.2 Å². The van der Waals surface area contributed by atoms with E-state index in [4.69, 9.17) is 5.26 Å². The predicted octanol–water partition coefficient (Wildman–Crippen LogP) is 3.45. The predicted molar refractivity (Wildman–Crippen MR) is 57.3 cm³/mol. The molecule has 1 saturated carbocycles. The summed E-state index contributed by atoms with van der Waals surface area (Å²) in [4.78, 5) is 0. The van der Waals surface area contributed by atoms with Crippen molar-refractivity contribution in [3.8, 4) is 6.07 Å². The Morgan fingerprint density at radius 1 is 1.28 bits per heavy atom. The van der Waals surface area contributed by atoms with Gasteiger partial charge in [0.2, 0.25) is 0 Å². The van der Waals surface area contributed by atoms with Crippen molar-refractivity contribution in [2.24, 2.45) is 5.92 Å². The smallest absolute Gasteiger partial charge is 0.382 e. The Morgan fingerprint density at radius 3 is 2.44 bits per heavy atom. The van der Waals surface area contributed by atoms with Crippen molar-refractivity contribution in [3.63, 3.8) is 0 Å². The Balaban J connectivity index is 1.93. The maximum absolute atomic E-state index is 13.2. The molecular weight excluding hydrogens is 248 g/mol. The number of halogens is 4. The molecule has 1 N–H and O–H groups in total. The second-order valence-corrected chi connectivity index (χ2v) is 4.36. The first-order valence-corrected chi connectivity index (χ1v) is 5.43. The molecule has 1 fully saturated rings. The fourth-order valence-corrected chi connectivity index (χ4v) is 1.93. The molecule has 6 heteroatoms. The summed E-state index contributed by atoms with van der Waals surface area (Å²) in [6.07, 6.45) is -4.13. The van der Waals surface area contributed by atoms with Crippen LogP contribution < -0.4 is 5.32 Å². The van der Waals surface area contributed by atoms with Crippen LogP contribution in [0.5, 0.6) is 0 Å². The molecule has 1 aromatic carbocycles. The fourth-order valence-electron chi connectivity index (χ4n) is 1.93.